The average Bonchev–Trinajstić information content (AvgIpc) is 2.21. The lowest BCUT2D eigenvalue weighted by Crippen LogP contribution is -2.04. The van der Waals surface area contributed by atoms with Gasteiger partial charge in [0, 0.05) is 8.04 Å². The Morgan fingerprint density at radius 3 is 2.73 bits per heavy atom. The number of hydrogen-bond acceptors (Lipinski definition) is 1. The van der Waals surface area contributed by atoms with Gasteiger partial charge in [0.25, 0.3) is 0 Å². The van der Waals surface area contributed by atoms with Crippen LogP contribution in [-0.4, -0.2) is 5.11 Å². The molecule has 1 N–H and O–H groups in total. The fourth-order valence-electron chi connectivity index (χ4n) is 1.44. The first-order valence-corrected chi connectivity index (χ1v) is 7.04. The van der Waals surface area contributed by atoms with Crippen LogP contribution in [0.2, 0.25) is 0 Å². The van der Waals surface area contributed by atoms with Crippen molar-refractivity contribution >= 4 is 38.5 Å². The first-order valence-electron chi connectivity index (χ1n) is 5.17. The van der Waals surface area contributed by atoms with Crippen LogP contribution in [0.3, 0.4) is 0 Å². The SMILES string of the molecule is CCC(C)CC(O)c1cc(I)ccc1Br. The summed E-state index contributed by atoms with van der Waals surface area (Å²) in [5.74, 6) is 0.560. The minimum atomic E-state index is -0.357. The van der Waals surface area contributed by atoms with E-state index in [1.807, 2.05) is 18.2 Å². The number of halogens is 2. The van der Waals surface area contributed by atoms with Crippen molar-refractivity contribution in [2.75, 3.05) is 0 Å². The Labute approximate surface area is 114 Å². The predicted molar refractivity (Wildman–Crippen MR) is 75.9 cm³/mol. The van der Waals surface area contributed by atoms with Gasteiger partial charge in [-0.1, -0.05) is 36.2 Å². The molecule has 1 aromatic rings. The van der Waals surface area contributed by atoms with Gasteiger partial charge in [-0.25, -0.2) is 0 Å². The third-order valence-corrected chi connectivity index (χ3v) is 4.03. The molecule has 3 heteroatoms. The highest BCUT2D eigenvalue weighted by atomic mass is 127. The standard InChI is InChI=1S/C12H16BrIO/c1-3-8(2)6-12(15)10-7-9(14)4-5-11(10)13/h4-5,7-8,12,15H,3,6H2,1-2H3. The Hall–Kier alpha value is 0.390. The van der Waals surface area contributed by atoms with Gasteiger partial charge in [-0.3, -0.25) is 0 Å². The summed E-state index contributed by atoms with van der Waals surface area (Å²) in [6.07, 6.45) is 1.58. The quantitative estimate of drug-likeness (QED) is 0.759. The molecule has 0 heterocycles. The molecule has 0 radical (unpaired) electrons. The van der Waals surface area contributed by atoms with E-state index in [0.29, 0.717) is 5.92 Å². The molecule has 0 bridgehead atoms. The summed E-state index contributed by atoms with van der Waals surface area (Å²) in [7, 11) is 0. The minimum Gasteiger partial charge on any atom is -0.388 e. The third kappa shape index (κ3) is 4.04. The first-order chi connectivity index (χ1) is 7.04. The van der Waals surface area contributed by atoms with Crippen LogP contribution in [0.1, 0.15) is 38.4 Å². The second-order valence-electron chi connectivity index (χ2n) is 3.93. The third-order valence-electron chi connectivity index (χ3n) is 2.64. The molecule has 2 atom stereocenters. The Morgan fingerprint density at radius 2 is 2.13 bits per heavy atom. The van der Waals surface area contributed by atoms with Crippen LogP contribution in [0.4, 0.5) is 0 Å². The molecule has 0 aliphatic rings. The zero-order valence-electron chi connectivity index (χ0n) is 9.00. The molecule has 1 aromatic carbocycles. The Balaban J connectivity index is 2.80. The summed E-state index contributed by atoms with van der Waals surface area (Å²) >= 11 is 5.75. The molecule has 2 unspecified atom stereocenters. The summed E-state index contributed by atoms with van der Waals surface area (Å²) < 4.78 is 2.16. The van der Waals surface area contributed by atoms with Crippen molar-refractivity contribution in [3.8, 4) is 0 Å². The lowest BCUT2D eigenvalue weighted by molar-refractivity contribution is 0.145. The molecule has 0 aromatic heterocycles. The van der Waals surface area contributed by atoms with E-state index in [1.54, 1.807) is 0 Å². The normalized spacial score (nSPS) is 15.0. The van der Waals surface area contributed by atoms with E-state index in [1.165, 1.54) is 0 Å². The lowest BCUT2D eigenvalue weighted by Gasteiger charge is -2.16. The topological polar surface area (TPSA) is 20.2 Å². The van der Waals surface area contributed by atoms with E-state index in [0.717, 1.165) is 26.4 Å². The van der Waals surface area contributed by atoms with E-state index < -0.39 is 0 Å². The second-order valence-corrected chi connectivity index (χ2v) is 6.03. The zero-order chi connectivity index (χ0) is 11.4. The Morgan fingerprint density at radius 1 is 1.47 bits per heavy atom. The lowest BCUT2D eigenvalue weighted by atomic mass is 9.96. The van der Waals surface area contributed by atoms with E-state index in [-0.39, 0.29) is 6.10 Å². The molecule has 0 aliphatic heterocycles. The summed E-state index contributed by atoms with van der Waals surface area (Å²) in [5.41, 5.74) is 1.00. The number of aliphatic hydroxyl groups excluding tert-OH is 1. The second kappa shape index (κ2) is 6.21. The highest BCUT2D eigenvalue weighted by Gasteiger charge is 2.14. The largest absolute Gasteiger partial charge is 0.388 e. The number of rotatable bonds is 4. The van der Waals surface area contributed by atoms with Crippen molar-refractivity contribution in [2.45, 2.75) is 32.8 Å². The van der Waals surface area contributed by atoms with Crippen LogP contribution in [0.5, 0.6) is 0 Å². The highest BCUT2D eigenvalue weighted by molar-refractivity contribution is 14.1. The first kappa shape index (κ1) is 13.5. The van der Waals surface area contributed by atoms with Gasteiger partial charge in [0.1, 0.15) is 0 Å². The van der Waals surface area contributed by atoms with E-state index in [9.17, 15) is 5.11 Å². The molecule has 1 rings (SSSR count). The molecule has 1 nitrogen and oxygen atoms in total. The number of hydrogen-bond donors (Lipinski definition) is 1. The molecule has 15 heavy (non-hydrogen) atoms. The van der Waals surface area contributed by atoms with Gasteiger partial charge in [-0.2, -0.15) is 0 Å². The van der Waals surface area contributed by atoms with Crippen LogP contribution in [0.15, 0.2) is 22.7 Å². The van der Waals surface area contributed by atoms with Crippen molar-refractivity contribution in [1.82, 2.24) is 0 Å². The summed E-state index contributed by atoms with van der Waals surface area (Å²) in [6, 6.07) is 6.07. The van der Waals surface area contributed by atoms with E-state index in [2.05, 4.69) is 52.4 Å². The van der Waals surface area contributed by atoms with Gasteiger partial charge in [0.2, 0.25) is 0 Å². The van der Waals surface area contributed by atoms with Gasteiger partial charge in [-0.05, 0) is 58.7 Å². The van der Waals surface area contributed by atoms with Gasteiger partial charge in [0.05, 0.1) is 6.10 Å². The molecule has 0 fully saturated rings. The Kier molecular flexibility index (Phi) is 5.57. The smallest absolute Gasteiger partial charge is 0.0803 e. The van der Waals surface area contributed by atoms with E-state index in [4.69, 9.17) is 0 Å². The van der Waals surface area contributed by atoms with Gasteiger partial charge < -0.3 is 5.11 Å². The van der Waals surface area contributed by atoms with Crippen molar-refractivity contribution in [1.29, 1.82) is 0 Å². The maximum Gasteiger partial charge on any atom is 0.0803 e. The van der Waals surface area contributed by atoms with Gasteiger partial charge >= 0.3 is 0 Å². The minimum absolute atomic E-state index is 0.357. The van der Waals surface area contributed by atoms with Crippen molar-refractivity contribution < 1.29 is 5.11 Å². The molecular weight excluding hydrogens is 367 g/mol. The van der Waals surface area contributed by atoms with E-state index >= 15 is 0 Å². The maximum absolute atomic E-state index is 10.1. The molecule has 0 spiro atoms. The summed E-state index contributed by atoms with van der Waals surface area (Å²) in [5, 5.41) is 10.1. The van der Waals surface area contributed by atoms with Gasteiger partial charge in [0.15, 0.2) is 0 Å². The zero-order valence-corrected chi connectivity index (χ0v) is 12.7. The average molecular weight is 383 g/mol. The van der Waals surface area contributed by atoms with Crippen molar-refractivity contribution in [3.05, 3.63) is 31.8 Å². The molecule has 84 valence electrons. The molecule has 0 aliphatic carbocycles. The number of benzene rings is 1. The Bertz CT molecular complexity index is 327. The molecule has 0 saturated heterocycles. The van der Waals surface area contributed by atoms with Crippen LogP contribution in [0.25, 0.3) is 0 Å². The molecular formula is C12H16BrIO. The predicted octanol–water partition coefficient (Wildman–Crippen LogP) is 4.52. The fraction of sp³-hybridized carbons (Fsp3) is 0.500. The van der Waals surface area contributed by atoms with Crippen LogP contribution < -0.4 is 0 Å². The van der Waals surface area contributed by atoms with Crippen LogP contribution >= 0.6 is 38.5 Å². The van der Waals surface area contributed by atoms with Crippen molar-refractivity contribution in [3.63, 3.8) is 0 Å². The fourth-order valence-corrected chi connectivity index (χ4v) is 2.47. The molecule has 0 saturated carbocycles. The van der Waals surface area contributed by atoms with Crippen molar-refractivity contribution in [2.24, 2.45) is 5.92 Å². The summed E-state index contributed by atoms with van der Waals surface area (Å²) in [4.78, 5) is 0. The number of aliphatic hydroxyl groups is 1. The van der Waals surface area contributed by atoms with Gasteiger partial charge in [-0.15, -0.1) is 0 Å². The van der Waals surface area contributed by atoms with Crippen LogP contribution in [-0.2, 0) is 0 Å². The monoisotopic (exact) mass is 382 g/mol. The molecule has 0 amide bonds. The highest BCUT2D eigenvalue weighted by Crippen LogP contribution is 2.29. The maximum atomic E-state index is 10.1. The van der Waals surface area contributed by atoms with Crippen LogP contribution in [0, 0.1) is 9.49 Å². The summed E-state index contributed by atoms with van der Waals surface area (Å²) in [6.45, 7) is 4.33.